The van der Waals surface area contributed by atoms with Crippen LogP contribution in [-0.4, -0.2) is 65.7 Å². The van der Waals surface area contributed by atoms with Gasteiger partial charge in [0.25, 0.3) is 0 Å². The van der Waals surface area contributed by atoms with Gasteiger partial charge in [0.05, 0.1) is 23.9 Å². The fourth-order valence-corrected chi connectivity index (χ4v) is 4.96. The van der Waals surface area contributed by atoms with Crippen molar-refractivity contribution in [2.24, 2.45) is 0 Å². The van der Waals surface area contributed by atoms with Crippen molar-refractivity contribution < 1.29 is 28.2 Å². The second kappa shape index (κ2) is 6.39. The van der Waals surface area contributed by atoms with Crippen LogP contribution in [0.2, 0.25) is 0 Å². The number of hydrogen-bond donors (Lipinski definition) is 3. The number of thioether (sulfide) groups is 1. The summed E-state index contributed by atoms with van der Waals surface area (Å²) in [5, 5.41) is 19.4. The predicted molar refractivity (Wildman–Crippen MR) is 66.2 cm³/mol. The summed E-state index contributed by atoms with van der Waals surface area (Å²) in [6.45, 7) is -0.677. The summed E-state index contributed by atoms with van der Waals surface area (Å²) in [6, 6.07) is -1.31. The van der Waals surface area contributed by atoms with Crippen molar-refractivity contribution in [3.63, 3.8) is 0 Å². The summed E-state index contributed by atoms with van der Waals surface area (Å²) in [4.78, 5) is 21.9. The quantitative estimate of drug-likeness (QED) is 0.544. The zero-order valence-corrected chi connectivity index (χ0v) is 11.2. The second-order valence-electron chi connectivity index (χ2n) is 3.98. The molecule has 0 bridgehead atoms. The van der Waals surface area contributed by atoms with Crippen LogP contribution in [-0.2, 0) is 19.4 Å². The lowest BCUT2D eigenvalue weighted by Gasteiger charge is -2.12. The zero-order valence-electron chi connectivity index (χ0n) is 9.53. The van der Waals surface area contributed by atoms with E-state index in [1.165, 1.54) is 11.8 Å². The Morgan fingerprint density at radius 3 is 2.56 bits per heavy atom. The van der Waals surface area contributed by atoms with Gasteiger partial charge in [-0.2, -0.15) is 0 Å². The van der Waals surface area contributed by atoms with Crippen LogP contribution in [0.3, 0.4) is 0 Å². The number of rotatable bonds is 6. The van der Waals surface area contributed by atoms with Crippen LogP contribution in [0, 0.1) is 0 Å². The monoisotopic (exact) mass is 297 g/mol. The molecule has 0 radical (unpaired) electrons. The zero-order chi connectivity index (χ0) is 13.8. The molecule has 1 saturated heterocycles. The number of aliphatic carboxylic acids is 1. The van der Waals surface area contributed by atoms with Crippen molar-refractivity contribution in [3.05, 3.63) is 0 Å². The van der Waals surface area contributed by atoms with E-state index in [-0.39, 0.29) is 22.5 Å². The maximum absolute atomic E-state index is 11.4. The van der Waals surface area contributed by atoms with Crippen molar-refractivity contribution in [2.45, 2.75) is 17.7 Å². The van der Waals surface area contributed by atoms with E-state index < -0.39 is 34.4 Å². The lowest BCUT2D eigenvalue weighted by molar-refractivity contribution is -0.142. The highest BCUT2D eigenvalue weighted by atomic mass is 32.2. The molecule has 1 rings (SSSR count). The highest BCUT2D eigenvalue weighted by Crippen LogP contribution is 2.23. The molecular formula is C9H15NO6S2. The van der Waals surface area contributed by atoms with Crippen LogP contribution in [0.5, 0.6) is 0 Å². The summed E-state index contributed by atoms with van der Waals surface area (Å²) >= 11 is 1.19. The topological polar surface area (TPSA) is 121 Å². The molecule has 0 aromatic rings. The average Bonchev–Trinajstić information content (AvgIpc) is 2.62. The van der Waals surface area contributed by atoms with Crippen LogP contribution >= 0.6 is 11.8 Å². The van der Waals surface area contributed by atoms with Crippen molar-refractivity contribution in [1.29, 1.82) is 0 Å². The predicted octanol–water partition coefficient (Wildman–Crippen LogP) is -1.53. The van der Waals surface area contributed by atoms with Crippen molar-refractivity contribution in [3.8, 4) is 0 Å². The Morgan fingerprint density at radius 2 is 2.11 bits per heavy atom. The van der Waals surface area contributed by atoms with Gasteiger partial charge in [-0.15, -0.1) is 11.8 Å². The molecular weight excluding hydrogens is 282 g/mol. The summed E-state index contributed by atoms with van der Waals surface area (Å²) in [5.41, 5.74) is 0. The lowest BCUT2D eigenvalue weighted by atomic mass is 10.3. The van der Waals surface area contributed by atoms with E-state index in [1.807, 2.05) is 0 Å². The van der Waals surface area contributed by atoms with E-state index in [0.29, 0.717) is 6.42 Å². The molecule has 1 amide bonds. The Morgan fingerprint density at radius 1 is 1.44 bits per heavy atom. The van der Waals surface area contributed by atoms with E-state index in [4.69, 9.17) is 10.2 Å². The fraction of sp³-hybridized carbons (Fsp3) is 0.778. The third kappa shape index (κ3) is 4.83. The van der Waals surface area contributed by atoms with E-state index >= 15 is 0 Å². The number of carboxylic acids is 1. The molecule has 9 heteroatoms. The van der Waals surface area contributed by atoms with Gasteiger partial charge in [0, 0.05) is 5.25 Å². The highest BCUT2D eigenvalue weighted by molar-refractivity contribution is 8.02. The van der Waals surface area contributed by atoms with Crippen molar-refractivity contribution >= 4 is 33.5 Å². The van der Waals surface area contributed by atoms with Crippen LogP contribution in [0.25, 0.3) is 0 Å². The van der Waals surface area contributed by atoms with E-state index in [0.717, 1.165) is 0 Å². The normalized spacial score (nSPS) is 23.5. The standard InChI is InChI=1S/C9H15NO6S2/c11-3-7(9(13)14)10-8(12)4-17-6-1-2-18(15,16)5-6/h6-7,11H,1-5H2,(H,10,12)(H,13,14)/t6?,7-/m0/s1. The second-order valence-corrected chi connectivity index (χ2v) is 7.49. The molecule has 7 nitrogen and oxygen atoms in total. The van der Waals surface area contributed by atoms with Crippen molar-refractivity contribution in [1.82, 2.24) is 5.32 Å². The van der Waals surface area contributed by atoms with Crippen LogP contribution in [0.1, 0.15) is 6.42 Å². The number of aliphatic hydroxyl groups excluding tert-OH is 1. The first-order chi connectivity index (χ1) is 8.34. The minimum absolute atomic E-state index is 0.00995. The first kappa shape index (κ1) is 15.3. The fourth-order valence-electron chi connectivity index (χ4n) is 1.51. The SMILES string of the molecule is O=C(CSC1CCS(=O)(=O)C1)N[C@@H](CO)C(=O)O. The Hall–Kier alpha value is -0.800. The lowest BCUT2D eigenvalue weighted by Crippen LogP contribution is -2.44. The number of sulfone groups is 1. The summed E-state index contributed by atoms with van der Waals surface area (Å²) in [7, 11) is -2.97. The van der Waals surface area contributed by atoms with Crippen molar-refractivity contribution in [2.75, 3.05) is 23.9 Å². The van der Waals surface area contributed by atoms with Gasteiger partial charge < -0.3 is 15.5 Å². The minimum Gasteiger partial charge on any atom is -0.480 e. The molecule has 1 fully saturated rings. The molecule has 1 aliphatic heterocycles. The minimum atomic E-state index is -2.97. The third-order valence-corrected chi connectivity index (χ3v) is 5.74. The van der Waals surface area contributed by atoms with Gasteiger partial charge >= 0.3 is 5.97 Å². The Bertz CT molecular complexity index is 421. The Balaban J connectivity index is 2.32. The van der Waals surface area contributed by atoms with E-state index in [9.17, 15) is 18.0 Å². The molecule has 0 aromatic carbocycles. The molecule has 3 N–H and O–H groups in total. The van der Waals surface area contributed by atoms with Gasteiger partial charge in [-0.25, -0.2) is 13.2 Å². The molecule has 1 heterocycles. The summed E-state index contributed by atoms with van der Waals surface area (Å²) < 4.78 is 22.3. The molecule has 2 atom stereocenters. The van der Waals surface area contributed by atoms with Gasteiger partial charge in [0.1, 0.15) is 6.04 Å². The Kier molecular flexibility index (Phi) is 5.42. The third-order valence-electron chi connectivity index (χ3n) is 2.46. The van der Waals surface area contributed by atoms with Crippen LogP contribution < -0.4 is 5.32 Å². The summed E-state index contributed by atoms with van der Waals surface area (Å²) in [6.07, 6.45) is 0.517. The molecule has 18 heavy (non-hydrogen) atoms. The molecule has 0 saturated carbocycles. The molecule has 1 unspecified atom stereocenters. The highest BCUT2D eigenvalue weighted by Gasteiger charge is 2.29. The number of carbonyl (C=O) groups excluding carboxylic acids is 1. The van der Waals surface area contributed by atoms with Gasteiger partial charge in [0.2, 0.25) is 5.91 Å². The van der Waals surface area contributed by atoms with Gasteiger partial charge in [0.15, 0.2) is 9.84 Å². The average molecular weight is 297 g/mol. The number of amides is 1. The maximum atomic E-state index is 11.4. The van der Waals surface area contributed by atoms with Crippen LogP contribution in [0.4, 0.5) is 0 Å². The smallest absolute Gasteiger partial charge is 0.328 e. The van der Waals surface area contributed by atoms with E-state index in [1.54, 1.807) is 0 Å². The number of nitrogens with one attached hydrogen (secondary N) is 1. The molecule has 0 spiro atoms. The molecule has 1 aliphatic rings. The first-order valence-electron chi connectivity index (χ1n) is 5.29. The largest absolute Gasteiger partial charge is 0.480 e. The van der Waals surface area contributed by atoms with Crippen LogP contribution in [0.15, 0.2) is 0 Å². The van der Waals surface area contributed by atoms with Gasteiger partial charge in [-0.05, 0) is 6.42 Å². The molecule has 0 aliphatic carbocycles. The maximum Gasteiger partial charge on any atom is 0.328 e. The Labute approximate surface area is 109 Å². The van der Waals surface area contributed by atoms with E-state index in [2.05, 4.69) is 5.32 Å². The summed E-state index contributed by atoms with van der Waals surface area (Å²) in [5.74, 6) is -1.64. The first-order valence-corrected chi connectivity index (χ1v) is 8.16. The number of carbonyl (C=O) groups is 2. The van der Waals surface area contributed by atoms with Gasteiger partial charge in [-0.3, -0.25) is 4.79 Å². The molecule has 0 aromatic heterocycles. The number of carboxylic acid groups (broad SMARTS) is 1. The number of aliphatic hydroxyl groups is 1. The molecule has 104 valence electrons. The van der Waals surface area contributed by atoms with Gasteiger partial charge in [-0.1, -0.05) is 0 Å². The number of hydrogen-bond acceptors (Lipinski definition) is 6.